The molecule has 0 fully saturated rings. The molecule has 0 aliphatic carbocycles. The van der Waals surface area contributed by atoms with Gasteiger partial charge < -0.3 is 19.1 Å². The minimum atomic E-state index is -0.0858. The summed E-state index contributed by atoms with van der Waals surface area (Å²) in [5, 5.41) is 0. The van der Waals surface area contributed by atoms with Crippen molar-refractivity contribution in [2.75, 3.05) is 26.8 Å². The molecule has 0 spiro atoms. The van der Waals surface area contributed by atoms with Crippen LogP contribution < -0.4 is 0 Å². The number of carbonyl (C=O) groups excluding carboxylic acids is 3. The molecular formula is C48H87NO6. The molecular weight excluding hydrogens is 687 g/mol. The summed E-state index contributed by atoms with van der Waals surface area (Å²) >= 11 is 0. The maximum absolute atomic E-state index is 12.7. The molecule has 0 aromatic heterocycles. The number of allylic oxidation sites excluding steroid dienone is 1. The van der Waals surface area contributed by atoms with Crippen molar-refractivity contribution in [2.24, 2.45) is 11.8 Å². The van der Waals surface area contributed by atoms with Crippen molar-refractivity contribution in [3.05, 3.63) is 24.1 Å². The fourth-order valence-electron chi connectivity index (χ4n) is 6.78. The van der Waals surface area contributed by atoms with Crippen molar-refractivity contribution >= 4 is 17.9 Å². The summed E-state index contributed by atoms with van der Waals surface area (Å²) < 4.78 is 17.0. The topological polar surface area (TPSA) is 82.1 Å². The van der Waals surface area contributed by atoms with Crippen molar-refractivity contribution in [1.82, 2.24) is 4.90 Å². The minimum Gasteiger partial charge on any atom is -0.466 e. The van der Waals surface area contributed by atoms with E-state index in [1.807, 2.05) is 6.08 Å². The maximum Gasteiger partial charge on any atom is 0.306 e. The second kappa shape index (κ2) is 38.5. The summed E-state index contributed by atoms with van der Waals surface area (Å²) in [7, 11) is 2.10. The zero-order valence-corrected chi connectivity index (χ0v) is 36.9. The number of nitrogens with zero attached hydrogens (tertiary/aromatic N) is 1. The first-order valence-electron chi connectivity index (χ1n) is 22.9. The third-order valence-electron chi connectivity index (χ3n) is 10.9. The Morgan fingerprint density at radius 3 is 1.56 bits per heavy atom. The van der Waals surface area contributed by atoms with Crippen LogP contribution in [0.25, 0.3) is 0 Å². The molecule has 0 bridgehead atoms. The molecule has 0 aromatic rings. The standard InChI is InChI=1S/C48H87NO6/c1-8-11-29-43(6)37-40-53-46(50)34-26-22-18-14-16-20-24-32-45(55-48(52)36-28-39-49(7)42(4)5)33-25-21-17-15-19-23-27-35-47(51)54-41-38-44(30-12-9-2)31-13-10-3/h30,42-45H,2,8,10-11,13-29,31-41H2,1,3-7H3. The molecule has 0 amide bonds. The number of carbonyl (C=O) groups is 3. The lowest BCUT2D eigenvalue weighted by atomic mass is 9.99. The molecule has 0 rings (SSSR count). The molecule has 0 radical (unpaired) electrons. The normalized spacial score (nSPS) is 12.9. The smallest absolute Gasteiger partial charge is 0.306 e. The number of ether oxygens (including phenoxy) is 3. The van der Waals surface area contributed by atoms with Crippen molar-refractivity contribution in [2.45, 2.75) is 227 Å². The third-order valence-corrected chi connectivity index (χ3v) is 10.9. The molecule has 3 atom stereocenters. The van der Waals surface area contributed by atoms with Crippen LogP contribution in [0.3, 0.4) is 0 Å². The molecule has 55 heavy (non-hydrogen) atoms. The largest absolute Gasteiger partial charge is 0.466 e. The Hall–Kier alpha value is -2.33. The van der Waals surface area contributed by atoms with Gasteiger partial charge in [0.25, 0.3) is 0 Å². The van der Waals surface area contributed by atoms with E-state index in [9.17, 15) is 14.4 Å². The van der Waals surface area contributed by atoms with Gasteiger partial charge in [-0.25, -0.2) is 0 Å². The van der Waals surface area contributed by atoms with Crippen LogP contribution in [0.4, 0.5) is 0 Å². The van der Waals surface area contributed by atoms with E-state index in [1.165, 1.54) is 44.9 Å². The van der Waals surface area contributed by atoms with E-state index in [0.717, 1.165) is 122 Å². The first-order valence-corrected chi connectivity index (χ1v) is 22.9. The highest BCUT2D eigenvalue weighted by atomic mass is 16.5. The maximum atomic E-state index is 12.7. The molecule has 0 aliphatic heterocycles. The SMILES string of the molecule is C=C=C=CC(CCCC)CCOC(=O)CCCCCCCCCC(CCCCCCCCCC(=O)OCCC(C)CCCC)OC(=O)CCCN(C)C(C)C. The van der Waals surface area contributed by atoms with Gasteiger partial charge in [-0.1, -0.05) is 129 Å². The predicted octanol–water partition coefficient (Wildman–Crippen LogP) is 13.0. The quantitative estimate of drug-likeness (QED) is 0.0266. The second-order valence-corrected chi connectivity index (χ2v) is 16.5. The summed E-state index contributed by atoms with van der Waals surface area (Å²) in [6.07, 6.45) is 30.5. The van der Waals surface area contributed by atoms with Crippen LogP contribution >= 0.6 is 0 Å². The lowest BCUT2D eigenvalue weighted by Crippen LogP contribution is -2.28. The van der Waals surface area contributed by atoms with Crippen LogP contribution in [-0.2, 0) is 28.6 Å². The van der Waals surface area contributed by atoms with Gasteiger partial charge in [0.2, 0.25) is 0 Å². The van der Waals surface area contributed by atoms with Crippen LogP contribution in [0.15, 0.2) is 24.1 Å². The van der Waals surface area contributed by atoms with E-state index in [2.05, 4.69) is 64.6 Å². The highest BCUT2D eigenvalue weighted by Crippen LogP contribution is 2.19. The van der Waals surface area contributed by atoms with Crippen LogP contribution in [0, 0.1) is 11.8 Å². The van der Waals surface area contributed by atoms with Gasteiger partial charge in [-0.05, 0) is 116 Å². The second-order valence-electron chi connectivity index (χ2n) is 16.5. The summed E-state index contributed by atoms with van der Waals surface area (Å²) in [5.41, 5.74) is 5.65. The Balaban J connectivity index is 4.26. The summed E-state index contributed by atoms with van der Waals surface area (Å²) in [4.78, 5) is 39.3. The Kier molecular flexibility index (Phi) is 36.9. The third kappa shape index (κ3) is 35.8. The van der Waals surface area contributed by atoms with Crippen LogP contribution in [0.1, 0.15) is 214 Å². The molecule has 320 valence electrons. The lowest BCUT2D eigenvalue weighted by Gasteiger charge is -2.21. The number of esters is 3. The van der Waals surface area contributed by atoms with E-state index >= 15 is 0 Å². The number of unbranched alkanes of at least 4 members (excludes halogenated alkanes) is 14. The molecule has 7 heteroatoms. The first kappa shape index (κ1) is 52.7. The van der Waals surface area contributed by atoms with Crippen molar-refractivity contribution in [3.8, 4) is 0 Å². The summed E-state index contributed by atoms with van der Waals surface area (Å²) in [6.45, 7) is 16.5. The van der Waals surface area contributed by atoms with Gasteiger partial charge in [0.05, 0.1) is 13.2 Å². The van der Waals surface area contributed by atoms with E-state index in [1.54, 1.807) is 0 Å². The van der Waals surface area contributed by atoms with Crippen molar-refractivity contribution in [3.63, 3.8) is 0 Å². The van der Waals surface area contributed by atoms with Gasteiger partial charge in [-0.3, -0.25) is 14.4 Å². The van der Waals surface area contributed by atoms with Gasteiger partial charge in [-0.2, -0.15) is 0 Å². The van der Waals surface area contributed by atoms with Gasteiger partial charge in [0, 0.05) is 25.3 Å². The molecule has 0 heterocycles. The predicted molar refractivity (Wildman–Crippen MR) is 230 cm³/mol. The van der Waals surface area contributed by atoms with Crippen LogP contribution in [0.5, 0.6) is 0 Å². The van der Waals surface area contributed by atoms with Crippen LogP contribution in [-0.4, -0.2) is 61.8 Å². The number of rotatable bonds is 39. The minimum absolute atomic E-state index is 0.0124. The average Bonchev–Trinajstić information content (AvgIpc) is 3.16. The van der Waals surface area contributed by atoms with Gasteiger partial charge in [-0.15, -0.1) is 0 Å². The fourth-order valence-corrected chi connectivity index (χ4v) is 6.78. The Morgan fingerprint density at radius 1 is 0.582 bits per heavy atom. The fraction of sp³-hybridized carbons (Fsp3) is 0.854. The zero-order valence-electron chi connectivity index (χ0n) is 36.9. The Labute approximate surface area is 339 Å². The van der Waals surface area contributed by atoms with Crippen molar-refractivity contribution < 1.29 is 28.6 Å². The van der Waals surface area contributed by atoms with Gasteiger partial charge in [0.1, 0.15) is 6.10 Å². The van der Waals surface area contributed by atoms with Gasteiger partial charge in [0.15, 0.2) is 0 Å². The van der Waals surface area contributed by atoms with E-state index in [4.69, 9.17) is 14.2 Å². The number of hydrogen-bond donors (Lipinski definition) is 0. The molecule has 0 N–H and O–H groups in total. The Morgan fingerprint density at radius 2 is 1.05 bits per heavy atom. The zero-order chi connectivity index (χ0) is 40.8. The Bertz CT molecular complexity index is 1010. The van der Waals surface area contributed by atoms with E-state index in [-0.39, 0.29) is 24.0 Å². The summed E-state index contributed by atoms with van der Waals surface area (Å²) in [5.74, 6) is 0.809. The first-order chi connectivity index (χ1) is 26.6. The monoisotopic (exact) mass is 774 g/mol. The highest BCUT2D eigenvalue weighted by molar-refractivity contribution is 5.70. The molecule has 0 aromatic carbocycles. The summed E-state index contributed by atoms with van der Waals surface area (Å²) in [6, 6.07) is 0.475. The molecule has 7 nitrogen and oxygen atoms in total. The molecule has 3 unspecified atom stereocenters. The average molecular weight is 774 g/mol. The van der Waals surface area contributed by atoms with E-state index < -0.39 is 0 Å². The van der Waals surface area contributed by atoms with Crippen LogP contribution in [0.2, 0.25) is 0 Å². The molecule has 0 saturated carbocycles. The van der Waals surface area contributed by atoms with Crippen molar-refractivity contribution in [1.29, 1.82) is 0 Å². The molecule has 0 saturated heterocycles. The van der Waals surface area contributed by atoms with E-state index in [0.29, 0.717) is 50.4 Å². The lowest BCUT2D eigenvalue weighted by molar-refractivity contribution is -0.150. The number of hydrogen-bond acceptors (Lipinski definition) is 7. The highest BCUT2D eigenvalue weighted by Gasteiger charge is 2.15. The molecule has 0 aliphatic rings. The van der Waals surface area contributed by atoms with Gasteiger partial charge >= 0.3 is 17.9 Å².